The monoisotopic (exact) mass is 491 g/mol. The molecule has 9 heteroatoms. The molecule has 2 atom stereocenters. The number of aromatic nitrogens is 2. The van der Waals surface area contributed by atoms with E-state index in [4.69, 9.17) is 17.0 Å². The minimum Gasteiger partial charge on any atom is -0.478 e. The first-order chi connectivity index (χ1) is 17.1. The van der Waals surface area contributed by atoms with E-state index < -0.39 is 5.97 Å². The molecule has 2 saturated heterocycles. The Balaban J connectivity index is 1.44. The molecule has 8 nitrogen and oxygen atoms in total. The van der Waals surface area contributed by atoms with E-state index in [2.05, 4.69) is 30.7 Å². The zero-order chi connectivity index (χ0) is 24.2. The molecule has 2 fully saturated rings. The maximum atomic E-state index is 11.3. The fourth-order valence-corrected chi connectivity index (χ4v) is 5.22. The Labute approximate surface area is 210 Å². The van der Waals surface area contributed by atoms with Gasteiger partial charge in [0.15, 0.2) is 5.11 Å². The van der Waals surface area contributed by atoms with Crippen LogP contribution >= 0.6 is 12.2 Å². The van der Waals surface area contributed by atoms with Gasteiger partial charge in [-0.25, -0.2) is 4.79 Å². The molecule has 0 spiro atoms. The molecule has 5 rings (SSSR count). The van der Waals surface area contributed by atoms with Gasteiger partial charge >= 0.3 is 5.97 Å². The molecule has 0 unspecified atom stereocenters. The van der Waals surface area contributed by atoms with E-state index in [1.807, 2.05) is 48.8 Å². The Morgan fingerprint density at radius 1 is 1.09 bits per heavy atom. The number of rotatable bonds is 8. The van der Waals surface area contributed by atoms with Gasteiger partial charge in [0.2, 0.25) is 0 Å². The lowest BCUT2D eigenvalue weighted by Crippen LogP contribution is -2.39. The predicted octanol–water partition coefficient (Wildman–Crippen LogP) is 3.27. The number of ether oxygens (including phenoxy) is 1. The largest absolute Gasteiger partial charge is 0.478 e. The van der Waals surface area contributed by atoms with E-state index in [-0.39, 0.29) is 17.6 Å². The average Bonchev–Trinajstić information content (AvgIpc) is 3.50. The quantitative estimate of drug-likeness (QED) is 0.465. The Kier molecular flexibility index (Phi) is 7.08. The minimum atomic E-state index is -0.934. The van der Waals surface area contributed by atoms with Gasteiger partial charge in [0.25, 0.3) is 0 Å². The van der Waals surface area contributed by atoms with Crippen LogP contribution in [0.2, 0.25) is 0 Å². The number of carboxylic acids is 1. The minimum absolute atomic E-state index is 0.0590. The SMILES string of the molecule is O=C(O)c1ccc(-n2cccc2[C@@H]2[C@H](c3ccccn3)NC(=S)N2CCCN2CCOCC2)cc1. The van der Waals surface area contributed by atoms with Crippen LogP contribution < -0.4 is 5.32 Å². The molecular formula is C26H29N5O3S. The summed E-state index contributed by atoms with van der Waals surface area (Å²) in [7, 11) is 0. The lowest BCUT2D eigenvalue weighted by Gasteiger charge is -2.31. The molecule has 3 aromatic rings. The van der Waals surface area contributed by atoms with E-state index in [1.165, 1.54) is 0 Å². The highest BCUT2D eigenvalue weighted by atomic mass is 32.1. The Bertz CT molecular complexity index is 1160. The highest BCUT2D eigenvalue weighted by molar-refractivity contribution is 7.80. The number of carboxylic acid groups (broad SMARTS) is 1. The van der Waals surface area contributed by atoms with Gasteiger partial charge in [-0.3, -0.25) is 9.88 Å². The number of thiocarbonyl (C=S) groups is 1. The second-order valence-electron chi connectivity index (χ2n) is 8.78. The number of nitrogens with one attached hydrogen (secondary N) is 1. The molecule has 0 radical (unpaired) electrons. The van der Waals surface area contributed by atoms with Crippen molar-refractivity contribution < 1.29 is 14.6 Å². The van der Waals surface area contributed by atoms with Gasteiger partial charge in [0.05, 0.1) is 36.6 Å². The lowest BCUT2D eigenvalue weighted by atomic mass is 10.0. The highest BCUT2D eigenvalue weighted by Gasteiger charge is 2.41. The second kappa shape index (κ2) is 10.6. The number of carbonyl (C=O) groups is 1. The Hall–Kier alpha value is -3.27. The summed E-state index contributed by atoms with van der Waals surface area (Å²) in [6, 6.07) is 16.9. The van der Waals surface area contributed by atoms with E-state index in [9.17, 15) is 9.90 Å². The summed E-state index contributed by atoms with van der Waals surface area (Å²) in [6.45, 7) is 5.35. The third-order valence-corrected chi connectivity index (χ3v) is 7.00. The van der Waals surface area contributed by atoms with E-state index in [0.29, 0.717) is 0 Å². The standard InChI is InChI=1S/C26H29N5O3S/c32-25(33)19-7-9-20(10-8-19)30-13-3-6-22(30)24-23(21-5-1-2-11-27-21)28-26(35)31(24)14-4-12-29-15-17-34-18-16-29/h1-3,5-11,13,23-24H,4,12,14-18H2,(H,28,35)(H,32,33)/t23-,24+/m0/s1. The van der Waals surface area contributed by atoms with Gasteiger partial charge in [0, 0.05) is 50.0 Å². The van der Waals surface area contributed by atoms with Crippen LogP contribution in [-0.2, 0) is 4.74 Å². The van der Waals surface area contributed by atoms with Crippen molar-refractivity contribution in [3.63, 3.8) is 0 Å². The third kappa shape index (κ3) is 5.07. The van der Waals surface area contributed by atoms with Crippen molar-refractivity contribution in [1.82, 2.24) is 24.7 Å². The lowest BCUT2D eigenvalue weighted by molar-refractivity contribution is 0.0365. The molecular weight excluding hydrogens is 462 g/mol. The number of aromatic carboxylic acids is 1. The highest BCUT2D eigenvalue weighted by Crippen LogP contribution is 2.39. The Morgan fingerprint density at radius 2 is 1.89 bits per heavy atom. The number of pyridine rings is 1. The summed E-state index contributed by atoms with van der Waals surface area (Å²) >= 11 is 5.82. The molecule has 2 aliphatic heterocycles. The van der Waals surface area contributed by atoms with Crippen LogP contribution in [0.3, 0.4) is 0 Å². The molecule has 2 N–H and O–H groups in total. The van der Waals surface area contributed by atoms with Crippen molar-refractivity contribution in [1.29, 1.82) is 0 Å². The summed E-state index contributed by atoms with van der Waals surface area (Å²) in [5.41, 5.74) is 3.18. The summed E-state index contributed by atoms with van der Waals surface area (Å²) in [4.78, 5) is 20.7. The topological polar surface area (TPSA) is 82.9 Å². The van der Waals surface area contributed by atoms with Gasteiger partial charge < -0.3 is 24.6 Å². The first kappa shape index (κ1) is 23.5. The number of hydrogen-bond acceptors (Lipinski definition) is 5. The third-order valence-electron chi connectivity index (χ3n) is 6.65. The number of morpholine rings is 1. The second-order valence-corrected chi connectivity index (χ2v) is 9.17. The van der Waals surface area contributed by atoms with Crippen LogP contribution in [0.5, 0.6) is 0 Å². The molecule has 2 aliphatic rings. The van der Waals surface area contributed by atoms with Gasteiger partial charge in [-0.2, -0.15) is 0 Å². The van der Waals surface area contributed by atoms with Crippen molar-refractivity contribution in [3.8, 4) is 5.69 Å². The van der Waals surface area contributed by atoms with E-state index in [0.717, 1.165) is 68.0 Å². The predicted molar refractivity (Wildman–Crippen MR) is 137 cm³/mol. The summed E-state index contributed by atoms with van der Waals surface area (Å²) in [6.07, 6.45) is 4.80. The van der Waals surface area contributed by atoms with E-state index >= 15 is 0 Å². The van der Waals surface area contributed by atoms with Crippen molar-refractivity contribution in [2.24, 2.45) is 0 Å². The number of hydrogen-bond donors (Lipinski definition) is 2. The maximum absolute atomic E-state index is 11.3. The maximum Gasteiger partial charge on any atom is 0.335 e. The van der Waals surface area contributed by atoms with Crippen molar-refractivity contribution in [3.05, 3.63) is 83.9 Å². The van der Waals surface area contributed by atoms with Crippen LogP contribution in [0.4, 0.5) is 0 Å². The molecule has 182 valence electrons. The molecule has 35 heavy (non-hydrogen) atoms. The first-order valence-electron chi connectivity index (χ1n) is 11.9. The molecule has 0 saturated carbocycles. The molecule has 0 bridgehead atoms. The van der Waals surface area contributed by atoms with Gasteiger partial charge in [0.1, 0.15) is 0 Å². The molecule has 2 aromatic heterocycles. The molecule has 0 aliphatic carbocycles. The van der Waals surface area contributed by atoms with Gasteiger partial charge in [-0.1, -0.05) is 6.07 Å². The summed E-state index contributed by atoms with van der Waals surface area (Å²) in [5, 5.41) is 13.5. The van der Waals surface area contributed by atoms with Crippen LogP contribution in [0.1, 0.15) is 40.3 Å². The van der Waals surface area contributed by atoms with Crippen LogP contribution in [0.15, 0.2) is 67.0 Å². The fraction of sp³-hybridized carbons (Fsp3) is 0.346. The van der Waals surface area contributed by atoms with Gasteiger partial charge in [-0.05, 0) is 67.2 Å². The van der Waals surface area contributed by atoms with Crippen LogP contribution in [0.25, 0.3) is 5.69 Å². The van der Waals surface area contributed by atoms with Crippen LogP contribution in [-0.4, -0.2) is 74.9 Å². The zero-order valence-electron chi connectivity index (χ0n) is 19.4. The first-order valence-corrected chi connectivity index (χ1v) is 12.3. The van der Waals surface area contributed by atoms with Crippen molar-refractivity contribution in [2.45, 2.75) is 18.5 Å². The normalized spacial score (nSPS) is 20.7. The van der Waals surface area contributed by atoms with Crippen molar-refractivity contribution >= 4 is 23.3 Å². The van der Waals surface area contributed by atoms with Gasteiger partial charge in [-0.15, -0.1) is 0 Å². The zero-order valence-corrected chi connectivity index (χ0v) is 20.2. The smallest absolute Gasteiger partial charge is 0.335 e. The van der Waals surface area contributed by atoms with Crippen LogP contribution in [0, 0.1) is 0 Å². The Morgan fingerprint density at radius 3 is 2.60 bits per heavy atom. The number of nitrogens with zero attached hydrogens (tertiary/aromatic N) is 4. The van der Waals surface area contributed by atoms with Crippen molar-refractivity contribution in [2.75, 3.05) is 39.4 Å². The van der Waals surface area contributed by atoms with E-state index in [1.54, 1.807) is 12.1 Å². The number of benzene rings is 1. The fourth-order valence-electron chi connectivity index (χ4n) is 4.89. The molecule has 4 heterocycles. The average molecular weight is 492 g/mol. The molecule has 1 aromatic carbocycles. The molecule has 0 amide bonds. The summed E-state index contributed by atoms with van der Waals surface area (Å²) < 4.78 is 7.58. The summed E-state index contributed by atoms with van der Waals surface area (Å²) in [5.74, 6) is -0.934.